The van der Waals surface area contributed by atoms with Crippen molar-refractivity contribution < 1.29 is 49.2 Å². The van der Waals surface area contributed by atoms with E-state index in [0.29, 0.717) is 0 Å². The second-order valence-corrected chi connectivity index (χ2v) is 5.67. The highest BCUT2D eigenvalue weighted by atomic mass is 32.2. The lowest BCUT2D eigenvalue weighted by atomic mass is 10.2. The second-order valence-electron chi connectivity index (χ2n) is 4.17. The fourth-order valence-electron chi connectivity index (χ4n) is 1.40. The molecule has 0 amide bonds. The van der Waals surface area contributed by atoms with Crippen LogP contribution in [-0.4, -0.2) is 36.5 Å². The molecule has 0 heterocycles. The Morgan fingerprint density at radius 3 is 2.04 bits per heavy atom. The van der Waals surface area contributed by atoms with Crippen LogP contribution in [0.5, 0.6) is 5.75 Å². The zero-order chi connectivity index (χ0) is 18.8. The summed E-state index contributed by atoms with van der Waals surface area (Å²) in [5.41, 5.74) is -0.591. The molecule has 0 radical (unpaired) electrons. The van der Waals surface area contributed by atoms with Gasteiger partial charge in [0.2, 0.25) is 0 Å². The number of ether oxygens (including phenoxy) is 2. The number of carbonyl (C=O) groups excluding carboxylic acids is 1. The minimum Gasteiger partial charge on any atom is -0.466 e. The molecule has 6 nitrogen and oxygen atoms in total. The Morgan fingerprint density at radius 2 is 1.67 bits per heavy atom. The third-order valence-electron chi connectivity index (χ3n) is 2.48. The molecule has 134 valence electrons. The molecule has 0 fully saturated rings. The van der Waals surface area contributed by atoms with Crippen LogP contribution < -0.4 is 4.74 Å². The summed E-state index contributed by atoms with van der Waals surface area (Å²) in [5.74, 6) is -1.75. The summed E-state index contributed by atoms with van der Waals surface area (Å²) in [6.07, 6.45) is -9.34. The molecule has 0 aliphatic heterocycles. The molecule has 0 saturated carbocycles. The minimum absolute atomic E-state index is 0.136. The molecule has 1 aromatic rings. The number of hydrogen-bond acceptors (Lipinski definition) is 5. The molecular formula is C12H9F5O6S. The van der Waals surface area contributed by atoms with Crippen molar-refractivity contribution in [2.75, 3.05) is 0 Å². The van der Waals surface area contributed by atoms with Crippen molar-refractivity contribution >= 4 is 16.1 Å². The highest BCUT2D eigenvalue weighted by Crippen LogP contribution is 2.38. The molecule has 0 aromatic heterocycles. The predicted octanol–water partition coefficient (Wildman–Crippen LogP) is 2.78. The van der Waals surface area contributed by atoms with Gasteiger partial charge >= 0.3 is 27.5 Å². The molecule has 0 bridgehead atoms. The summed E-state index contributed by atoms with van der Waals surface area (Å²) >= 11 is 0. The Balaban J connectivity index is 3.11. The highest BCUT2D eigenvalue weighted by Gasteiger charge is 2.66. The van der Waals surface area contributed by atoms with Crippen LogP contribution in [0.1, 0.15) is 10.4 Å². The van der Waals surface area contributed by atoms with Gasteiger partial charge in [0, 0.05) is 0 Å². The van der Waals surface area contributed by atoms with Gasteiger partial charge in [-0.15, -0.1) is 0 Å². The Kier molecular flexibility index (Phi) is 5.56. The molecule has 24 heavy (non-hydrogen) atoms. The van der Waals surface area contributed by atoms with Crippen molar-refractivity contribution in [2.45, 2.75) is 17.5 Å². The van der Waals surface area contributed by atoms with E-state index in [0.717, 1.165) is 30.5 Å². The van der Waals surface area contributed by atoms with Crippen molar-refractivity contribution in [3.05, 3.63) is 42.7 Å². The van der Waals surface area contributed by atoms with E-state index in [2.05, 4.69) is 11.3 Å². The summed E-state index contributed by atoms with van der Waals surface area (Å²) in [6, 6.07) is 3.98. The summed E-state index contributed by atoms with van der Waals surface area (Å²) < 4.78 is 102. The largest absolute Gasteiger partial charge is 0.466 e. The second kappa shape index (κ2) is 6.73. The normalized spacial score (nSPS) is 13.9. The number of benzene rings is 1. The maximum Gasteiger partial charge on any atom is 0.432 e. The first-order chi connectivity index (χ1) is 10.8. The van der Waals surface area contributed by atoms with Gasteiger partial charge in [0.1, 0.15) is 5.75 Å². The number of halogens is 5. The first-order valence-corrected chi connectivity index (χ1v) is 7.25. The van der Waals surface area contributed by atoms with Gasteiger partial charge in [0.15, 0.2) is 0 Å². The van der Waals surface area contributed by atoms with Crippen LogP contribution in [0.25, 0.3) is 0 Å². The minimum atomic E-state index is -6.49. The van der Waals surface area contributed by atoms with Gasteiger partial charge in [0.25, 0.3) is 6.10 Å². The average Bonchev–Trinajstić information content (AvgIpc) is 2.43. The topological polar surface area (TPSA) is 89.9 Å². The average molecular weight is 376 g/mol. The number of carbonyl (C=O) groups is 1. The summed E-state index contributed by atoms with van der Waals surface area (Å²) in [5, 5.41) is -5.78. The first-order valence-electron chi connectivity index (χ1n) is 5.81. The summed E-state index contributed by atoms with van der Waals surface area (Å²) in [7, 11) is -6.49. The van der Waals surface area contributed by atoms with Crippen molar-refractivity contribution in [3.63, 3.8) is 0 Å². The van der Waals surface area contributed by atoms with E-state index < -0.39 is 39.2 Å². The molecule has 1 N–H and O–H groups in total. The van der Waals surface area contributed by atoms with Crippen molar-refractivity contribution in [2.24, 2.45) is 0 Å². The van der Waals surface area contributed by atoms with Gasteiger partial charge < -0.3 is 9.47 Å². The molecule has 1 atom stereocenters. The number of esters is 1. The third-order valence-corrected chi connectivity index (χ3v) is 3.38. The lowest BCUT2D eigenvalue weighted by Gasteiger charge is -2.26. The summed E-state index contributed by atoms with van der Waals surface area (Å²) in [6.45, 7) is 3.23. The van der Waals surface area contributed by atoms with Crippen molar-refractivity contribution in [3.8, 4) is 5.75 Å². The van der Waals surface area contributed by atoms with Crippen LogP contribution >= 0.6 is 0 Å². The molecule has 1 rings (SSSR count). The Hall–Kier alpha value is -2.21. The molecule has 12 heteroatoms. The van der Waals surface area contributed by atoms with E-state index in [1.54, 1.807) is 0 Å². The molecular weight excluding hydrogens is 367 g/mol. The quantitative estimate of drug-likeness (QED) is 0.355. The van der Waals surface area contributed by atoms with Gasteiger partial charge in [0.05, 0.1) is 11.8 Å². The smallest absolute Gasteiger partial charge is 0.432 e. The highest BCUT2D eigenvalue weighted by molar-refractivity contribution is 7.86. The number of alkyl halides is 5. The zero-order valence-electron chi connectivity index (χ0n) is 11.5. The van der Waals surface area contributed by atoms with Crippen LogP contribution in [0.3, 0.4) is 0 Å². The molecule has 0 aliphatic carbocycles. The van der Waals surface area contributed by atoms with Crippen LogP contribution in [0.4, 0.5) is 22.0 Å². The van der Waals surface area contributed by atoms with Crippen molar-refractivity contribution in [1.82, 2.24) is 0 Å². The molecule has 1 aromatic carbocycles. The predicted molar refractivity (Wildman–Crippen MR) is 69.0 cm³/mol. The van der Waals surface area contributed by atoms with Gasteiger partial charge in [-0.25, -0.2) is 4.79 Å². The van der Waals surface area contributed by atoms with Crippen LogP contribution in [0.15, 0.2) is 37.1 Å². The zero-order valence-corrected chi connectivity index (χ0v) is 12.3. The lowest BCUT2D eigenvalue weighted by Crippen LogP contribution is -2.52. The maximum absolute atomic E-state index is 13.3. The van der Waals surface area contributed by atoms with Crippen LogP contribution in [0.2, 0.25) is 0 Å². The van der Waals surface area contributed by atoms with E-state index >= 15 is 0 Å². The van der Waals surface area contributed by atoms with E-state index in [-0.39, 0.29) is 5.75 Å². The van der Waals surface area contributed by atoms with Gasteiger partial charge in [-0.05, 0) is 24.3 Å². The first kappa shape index (κ1) is 19.8. The monoisotopic (exact) mass is 376 g/mol. The van der Waals surface area contributed by atoms with E-state index in [9.17, 15) is 35.2 Å². The Morgan fingerprint density at radius 1 is 1.17 bits per heavy atom. The fraction of sp³-hybridized carbons (Fsp3) is 0.250. The number of rotatable bonds is 6. The lowest BCUT2D eigenvalue weighted by molar-refractivity contribution is -0.248. The standard InChI is InChI=1S/C12H9F5O6S/c1-2-22-8-5-3-7(4-6-8)9(18)23-10(11(13,14)15)12(16,17)24(19,20)21/h2-6,10H,1H2,(H,19,20,21). The van der Waals surface area contributed by atoms with Crippen LogP contribution in [-0.2, 0) is 14.9 Å². The van der Waals surface area contributed by atoms with Gasteiger partial charge in [-0.2, -0.15) is 30.4 Å². The summed E-state index contributed by atoms with van der Waals surface area (Å²) in [4.78, 5) is 11.6. The van der Waals surface area contributed by atoms with Crippen molar-refractivity contribution in [1.29, 1.82) is 0 Å². The maximum atomic E-state index is 13.3. The molecule has 0 spiro atoms. The molecule has 0 aliphatic rings. The fourth-order valence-corrected chi connectivity index (χ4v) is 1.85. The van der Waals surface area contributed by atoms with E-state index in [4.69, 9.17) is 9.29 Å². The SMILES string of the molecule is C=COc1ccc(C(=O)OC(C(F)(F)F)C(F)(F)S(=O)(=O)O)cc1. The molecule has 0 saturated heterocycles. The van der Waals surface area contributed by atoms with E-state index in [1.165, 1.54) is 0 Å². The van der Waals surface area contributed by atoms with Gasteiger partial charge in [-0.3, -0.25) is 4.55 Å². The third kappa shape index (κ3) is 4.41. The van der Waals surface area contributed by atoms with Gasteiger partial charge in [-0.1, -0.05) is 6.58 Å². The Bertz CT molecular complexity index is 710. The van der Waals surface area contributed by atoms with Crippen LogP contribution in [0, 0.1) is 0 Å². The molecule has 1 unspecified atom stereocenters. The Labute approximate surface area is 132 Å². The van der Waals surface area contributed by atoms with E-state index in [1.807, 2.05) is 0 Å². The number of hydrogen-bond donors (Lipinski definition) is 1.